The Kier molecular flexibility index (Phi) is 1.68. The molecule has 0 spiro atoms. The first-order chi connectivity index (χ1) is 4.29. The lowest BCUT2D eigenvalue weighted by Gasteiger charge is -1.92. The molecule has 0 amide bonds. The zero-order valence-corrected chi connectivity index (χ0v) is 5.26. The molecule has 0 aromatic carbocycles. The number of carbonyl (C=O) groups excluding carboxylic acids is 1. The van der Waals surface area contributed by atoms with Crippen molar-refractivity contribution < 1.29 is 9.53 Å². The Morgan fingerprint density at radius 1 is 1.89 bits per heavy atom. The van der Waals surface area contributed by atoms with Gasteiger partial charge in [-0.15, -0.1) is 0 Å². The summed E-state index contributed by atoms with van der Waals surface area (Å²) in [6, 6.07) is 0. The van der Waals surface area contributed by atoms with Crippen LogP contribution in [-0.4, -0.2) is 5.78 Å². The van der Waals surface area contributed by atoms with Crippen LogP contribution in [0, 0.1) is 0 Å². The minimum absolute atomic E-state index is 0.0358. The molecule has 0 saturated heterocycles. The molecule has 1 heterocycles. The van der Waals surface area contributed by atoms with Gasteiger partial charge in [-0.25, -0.2) is 0 Å². The number of rotatable bonds is 1. The third-order valence-corrected chi connectivity index (χ3v) is 0.999. The molecule has 1 rings (SSSR count). The van der Waals surface area contributed by atoms with Crippen molar-refractivity contribution >= 4 is 5.78 Å². The van der Waals surface area contributed by atoms with Gasteiger partial charge in [-0.05, 0) is 13.0 Å². The molecule has 1 aliphatic heterocycles. The Morgan fingerprint density at radius 2 is 2.67 bits per heavy atom. The molecule has 0 fully saturated rings. The second kappa shape index (κ2) is 2.49. The van der Waals surface area contributed by atoms with E-state index in [1.165, 1.54) is 13.0 Å². The molecule has 0 aromatic heterocycles. The second-order valence-corrected chi connectivity index (χ2v) is 1.92. The Balaban J connectivity index is 2.53. The highest BCUT2D eigenvalue weighted by Gasteiger charge is 2.00. The van der Waals surface area contributed by atoms with Gasteiger partial charge in [0, 0.05) is 12.5 Å². The molecule has 0 N–H and O–H groups in total. The minimum atomic E-state index is 0.0358. The largest absolute Gasteiger partial charge is 0.469 e. The standard InChI is InChI=1S/C7H8O2/c1-6(8)5-7-3-2-4-9-7/h2,4-5H,3H2,1H3/b7-5+. The van der Waals surface area contributed by atoms with Crippen molar-refractivity contribution in [3.8, 4) is 0 Å². The highest BCUT2D eigenvalue weighted by Crippen LogP contribution is 2.11. The van der Waals surface area contributed by atoms with Crippen LogP contribution in [0.15, 0.2) is 24.2 Å². The van der Waals surface area contributed by atoms with Gasteiger partial charge < -0.3 is 4.74 Å². The first-order valence-corrected chi connectivity index (χ1v) is 2.82. The van der Waals surface area contributed by atoms with Crippen LogP contribution >= 0.6 is 0 Å². The fraction of sp³-hybridized carbons (Fsp3) is 0.286. The molecule has 48 valence electrons. The van der Waals surface area contributed by atoms with Gasteiger partial charge in [-0.3, -0.25) is 4.79 Å². The van der Waals surface area contributed by atoms with Gasteiger partial charge >= 0.3 is 0 Å². The summed E-state index contributed by atoms with van der Waals surface area (Å²) >= 11 is 0. The zero-order valence-electron chi connectivity index (χ0n) is 5.26. The first-order valence-electron chi connectivity index (χ1n) is 2.82. The van der Waals surface area contributed by atoms with E-state index in [2.05, 4.69) is 0 Å². The van der Waals surface area contributed by atoms with E-state index < -0.39 is 0 Å². The molecule has 0 atom stereocenters. The van der Waals surface area contributed by atoms with Crippen molar-refractivity contribution in [2.75, 3.05) is 0 Å². The summed E-state index contributed by atoms with van der Waals surface area (Å²) < 4.78 is 4.92. The number of ether oxygens (including phenoxy) is 1. The van der Waals surface area contributed by atoms with E-state index in [9.17, 15) is 4.79 Å². The molecule has 0 aliphatic carbocycles. The highest BCUT2D eigenvalue weighted by molar-refractivity contribution is 5.87. The van der Waals surface area contributed by atoms with Crippen LogP contribution in [0.1, 0.15) is 13.3 Å². The van der Waals surface area contributed by atoms with E-state index >= 15 is 0 Å². The van der Waals surface area contributed by atoms with Crippen molar-refractivity contribution in [1.82, 2.24) is 0 Å². The van der Waals surface area contributed by atoms with E-state index in [1.54, 1.807) is 6.26 Å². The van der Waals surface area contributed by atoms with E-state index in [4.69, 9.17) is 4.74 Å². The monoisotopic (exact) mass is 124 g/mol. The van der Waals surface area contributed by atoms with Crippen molar-refractivity contribution in [1.29, 1.82) is 0 Å². The molecule has 0 radical (unpaired) electrons. The van der Waals surface area contributed by atoms with Gasteiger partial charge in [0.1, 0.15) is 5.76 Å². The van der Waals surface area contributed by atoms with Crippen molar-refractivity contribution in [3.05, 3.63) is 24.2 Å². The average molecular weight is 124 g/mol. The average Bonchev–Trinajstić information content (AvgIpc) is 2.15. The molecule has 0 aromatic rings. The fourth-order valence-electron chi connectivity index (χ4n) is 0.668. The Morgan fingerprint density at radius 3 is 3.11 bits per heavy atom. The van der Waals surface area contributed by atoms with Gasteiger partial charge in [0.25, 0.3) is 0 Å². The SMILES string of the molecule is CC(=O)/C=C1\CC=CO1. The molecule has 2 heteroatoms. The van der Waals surface area contributed by atoms with Gasteiger partial charge in [0.2, 0.25) is 0 Å². The third kappa shape index (κ3) is 1.72. The molecular weight excluding hydrogens is 116 g/mol. The van der Waals surface area contributed by atoms with E-state index in [0.29, 0.717) is 0 Å². The number of allylic oxidation sites excluding steroid dienone is 2. The summed E-state index contributed by atoms with van der Waals surface area (Å²) in [5, 5.41) is 0. The van der Waals surface area contributed by atoms with Crippen molar-refractivity contribution in [2.24, 2.45) is 0 Å². The summed E-state index contributed by atoms with van der Waals surface area (Å²) in [5.41, 5.74) is 0. The van der Waals surface area contributed by atoms with Gasteiger partial charge in [-0.2, -0.15) is 0 Å². The topological polar surface area (TPSA) is 26.3 Å². The second-order valence-electron chi connectivity index (χ2n) is 1.92. The summed E-state index contributed by atoms with van der Waals surface area (Å²) in [7, 11) is 0. The maximum Gasteiger partial charge on any atom is 0.155 e. The molecular formula is C7H8O2. The minimum Gasteiger partial charge on any atom is -0.469 e. The fourth-order valence-corrected chi connectivity index (χ4v) is 0.668. The van der Waals surface area contributed by atoms with E-state index in [0.717, 1.165) is 12.2 Å². The summed E-state index contributed by atoms with van der Waals surface area (Å²) in [6.07, 6.45) is 5.71. The molecule has 9 heavy (non-hydrogen) atoms. The van der Waals surface area contributed by atoms with E-state index in [1.807, 2.05) is 6.08 Å². The molecule has 1 aliphatic rings. The number of ketones is 1. The lowest BCUT2D eigenvalue weighted by molar-refractivity contribution is -0.112. The zero-order chi connectivity index (χ0) is 6.69. The van der Waals surface area contributed by atoms with Crippen LogP contribution < -0.4 is 0 Å². The van der Waals surface area contributed by atoms with Crippen molar-refractivity contribution in [2.45, 2.75) is 13.3 Å². The van der Waals surface area contributed by atoms with Crippen LogP contribution in [0.4, 0.5) is 0 Å². The summed E-state index contributed by atoms with van der Waals surface area (Å²) in [5.74, 6) is 0.774. The lowest BCUT2D eigenvalue weighted by atomic mass is 10.3. The van der Waals surface area contributed by atoms with Crippen LogP contribution in [0.2, 0.25) is 0 Å². The van der Waals surface area contributed by atoms with Crippen LogP contribution in [0.25, 0.3) is 0 Å². The number of hydrogen-bond acceptors (Lipinski definition) is 2. The van der Waals surface area contributed by atoms with E-state index in [-0.39, 0.29) is 5.78 Å². The van der Waals surface area contributed by atoms with Gasteiger partial charge in [0.05, 0.1) is 6.26 Å². The Bertz CT molecular complexity index is 167. The van der Waals surface area contributed by atoms with Crippen molar-refractivity contribution in [3.63, 3.8) is 0 Å². The predicted octanol–water partition coefficient (Wildman–Crippen LogP) is 1.39. The molecule has 2 nitrogen and oxygen atoms in total. The highest BCUT2D eigenvalue weighted by atomic mass is 16.5. The summed E-state index contributed by atoms with van der Waals surface area (Å²) in [6.45, 7) is 1.51. The van der Waals surface area contributed by atoms with Crippen LogP contribution in [0.5, 0.6) is 0 Å². The molecule has 0 saturated carbocycles. The lowest BCUT2D eigenvalue weighted by Crippen LogP contribution is -1.85. The molecule has 0 unspecified atom stereocenters. The number of hydrogen-bond donors (Lipinski definition) is 0. The maximum absolute atomic E-state index is 10.4. The van der Waals surface area contributed by atoms with Gasteiger partial charge in [-0.1, -0.05) is 0 Å². The van der Waals surface area contributed by atoms with Crippen LogP contribution in [-0.2, 0) is 9.53 Å². The first kappa shape index (κ1) is 6.08. The quantitative estimate of drug-likeness (QED) is 0.494. The molecule has 0 bridgehead atoms. The van der Waals surface area contributed by atoms with Gasteiger partial charge in [0.15, 0.2) is 5.78 Å². The van der Waals surface area contributed by atoms with Crippen LogP contribution in [0.3, 0.4) is 0 Å². The third-order valence-electron chi connectivity index (χ3n) is 0.999. The maximum atomic E-state index is 10.4. The Labute approximate surface area is 53.8 Å². The number of carbonyl (C=O) groups is 1. The normalized spacial score (nSPS) is 20.3. The predicted molar refractivity (Wildman–Crippen MR) is 33.6 cm³/mol. The Hall–Kier alpha value is -1.05. The smallest absolute Gasteiger partial charge is 0.155 e. The summed E-state index contributed by atoms with van der Waals surface area (Å²) in [4.78, 5) is 10.4.